The molecule has 5 aromatic rings. The van der Waals surface area contributed by atoms with E-state index in [0.717, 1.165) is 16.7 Å². The van der Waals surface area contributed by atoms with Crippen molar-refractivity contribution >= 4 is 39.9 Å². The number of aryl methyl sites for hydroxylation is 1. The molecule has 5 rings (SSSR count). The number of hydrogen-bond donors (Lipinski definition) is 1. The number of nitrogens with zero attached hydrogens (tertiary/aromatic N) is 2. The first-order valence-corrected chi connectivity index (χ1v) is 12.7. The van der Waals surface area contributed by atoms with E-state index < -0.39 is 24.3 Å². The number of carbonyl (C=O) groups is 2. The third-order valence-corrected chi connectivity index (χ3v) is 6.71. The third-order valence-electron chi connectivity index (χ3n) is 5.64. The molecule has 0 bridgehead atoms. The van der Waals surface area contributed by atoms with Crippen molar-refractivity contribution in [1.82, 2.24) is 10.1 Å². The van der Waals surface area contributed by atoms with Crippen molar-refractivity contribution in [3.63, 3.8) is 0 Å². The molecule has 0 aliphatic heterocycles. The zero-order chi connectivity index (χ0) is 26.6. The Bertz CT molecular complexity index is 1600. The summed E-state index contributed by atoms with van der Waals surface area (Å²) in [6.07, 6.45) is 0. The Morgan fingerprint density at radius 1 is 1.00 bits per heavy atom. The van der Waals surface area contributed by atoms with E-state index in [1.54, 1.807) is 0 Å². The fourth-order valence-corrected chi connectivity index (χ4v) is 4.78. The van der Waals surface area contributed by atoms with Gasteiger partial charge in [0.2, 0.25) is 0 Å². The summed E-state index contributed by atoms with van der Waals surface area (Å²) in [7, 11) is 0. The Morgan fingerprint density at radius 3 is 2.45 bits per heavy atom. The number of nitrogens with one attached hydrogen (secondary N) is 1. The van der Waals surface area contributed by atoms with Crippen LogP contribution in [-0.2, 0) is 9.53 Å². The number of aromatic nitrogens is 2. The van der Waals surface area contributed by atoms with Gasteiger partial charge >= 0.3 is 5.97 Å². The van der Waals surface area contributed by atoms with Gasteiger partial charge in [-0.15, -0.1) is 11.3 Å². The molecule has 0 spiro atoms. The number of benzene rings is 3. The normalized spacial score (nSPS) is 10.8. The zero-order valence-corrected chi connectivity index (χ0v) is 21.5. The molecule has 0 atom stereocenters. The summed E-state index contributed by atoms with van der Waals surface area (Å²) in [5.74, 6) is -2.05. The SMILES string of the molecule is Cc1onc(-c2c(F)cccc2Cl)c1C(=O)OCC(=O)Nc1nc(-c2ccc(-c3ccccc3)cc2)cs1. The maximum atomic E-state index is 14.4. The minimum Gasteiger partial charge on any atom is -0.452 e. The van der Waals surface area contributed by atoms with Crippen LogP contribution in [0.1, 0.15) is 16.1 Å². The highest BCUT2D eigenvalue weighted by molar-refractivity contribution is 7.14. The zero-order valence-electron chi connectivity index (χ0n) is 19.9. The number of ether oxygens (including phenoxy) is 1. The molecular formula is C28H19ClFN3O4S. The van der Waals surface area contributed by atoms with E-state index in [2.05, 4.69) is 15.5 Å². The van der Waals surface area contributed by atoms with Gasteiger partial charge in [-0.2, -0.15) is 0 Å². The molecule has 0 unspecified atom stereocenters. The minimum atomic E-state index is -0.897. The monoisotopic (exact) mass is 547 g/mol. The van der Waals surface area contributed by atoms with E-state index >= 15 is 0 Å². The van der Waals surface area contributed by atoms with Gasteiger partial charge in [0.15, 0.2) is 11.7 Å². The van der Waals surface area contributed by atoms with Crippen molar-refractivity contribution in [2.75, 3.05) is 11.9 Å². The summed E-state index contributed by atoms with van der Waals surface area (Å²) in [6.45, 7) is 0.889. The van der Waals surface area contributed by atoms with Crippen molar-refractivity contribution in [2.24, 2.45) is 0 Å². The highest BCUT2D eigenvalue weighted by Crippen LogP contribution is 2.34. The number of hydrogen-bond acceptors (Lipinski definition) is 7. The van der Waals surface area contributed by atoms with Gasteiger partial charge in [0.1, 0.15) is 22.8 Å². The number of rotatable bonds is 7. The topological polar surface area (TPSA) is 94.3 Å². The smallest absolute Gasteiger partial charge is 0.344 e. The van der Waals surface area contributed by atoms with Gasteiger partial charge in [0.25, 0.3) is 5.91 Å². The molecule has 38 heavy (non-hydrogen) atoms. The number of amides is 1. The molecule has 3 aromatic carbocycles. The second kappa shape index (κ2) is 11.0. The second-order valence-corrected chi connectivity index (χ2v) is 9.43. The average molecular weight is 548 g/mol. The van der Waals surface area contributed by atoms with Crippen molar-refractivity contribution < 1.29 is 23.2 Å². The van der Waals surface area contributed by atoms with Crippen LogP contribution in [0, 0.1) is 12.7 Å². The summed E-state index contributed by atoms with van der Waals surface area (Å²) < 4.78 is 24.6. The van der Waals surface area contributed by atoms with E-state index in [4.69, 9.17) is 20.9 Å². The van der Waals surface area contributed by atoms with Gasteiger partial charge in [-0.3, -0.25) is 10.1 Å². The van der Waals surface area contributed by atoms with Crippen LogP contribution >= 0.6 is 22.9 Å². The molecular weight excluding hydrogens is 529 g/mol. The van der Waals surface area contributed by atoms with Gasteiger partial charge in [0.05, 0.1) is 16.3 Å². The third kappa shape index (κ3) is 5.34. The molecule has 10 heteroatoms. The van der Waals surface area contributed by atoms with Crippen molar-refractivity contribution in [2.45, 2.75) is 6.92 Å². The van der Waals surface area contributed by atoms with Gasteiger partial charge in [-0.1, -0.05) is 77.4 Å². The highest BCUT2D eigenvalue weighted by Gasteiger charge is 2.27. The van der Waals surface area contributed by atoms with Crippen LogP contribution in [0.25, 0.3) is 33.6 Å². The van der Waals surface area contributed by atoms with Gasteiger partial charge in [0, 0.05) is 10.9 Å². The van der Waals surface area contributed by atoms with E-state index in [9.17, 15) is 14.0 Å². The predicted molar refractivity (Wildman–Crippen MR) is 144 cm³/mol. The van der Waals surface area contributed by atoms with Crippen LogP contribution in [0.2, 0.25) is 5.02 Å². The molecule has 0 aliphatic carbocycles. The van der Waals surface area contributed by atoms with Crippen molar-refractivity contribution in [3.05, 3.63) is 100 Å². The number of esters is 1. The number of carbonyl (C=O) groups excluding carboxylic acids is 2. The lowest BCUT2D eigenvalue weighted by molar-refractivity contribution is -0.119. The van der Waals surface area contributed by atoms with Crippen LogP contribution in [-0.4, -0.2) is 28.6 Å². The summed E-state index contributed by atoms with van der Waals surface area (Å²) >= 11 is 7.35. The van der Waals surface area contributed by atoms with Gasteiger partial charge < -0.3 is 9.26 Å². The Balaban J connectivity index is 1.22. The average Bonchev–Trinajstić information content (AvgIpc) is 3.54. The lowest BCUT2D eigenvalue weighted by atomic mass is 10.0. The molecule has 0 radical (unpaired) electrons. The largest absolute Gasteiger partial charge is 0.452 e. The van der Waals surface area contributed by atoms with Crippen molar-refractivity contribution in [3.8, 4) is 33.6 Å². The highest BCUT2D eigenvalue weighted by atomic mass is 35.5. The van der Waals surface area contributed by atoms with Crippen LogP contribution in [0.4, 0.5) is 9.52 Å². The maximum Gasteiger partial charge on any atom is 0.344 e. The molecule has 2 heterocycles. The summed E-state index contributed by atoms with van der Waals surface area (Å²) in [5, 5.41) is 8.62. The summed E-state index contributed by atoms with van der Waals surface area (Å²) in [6, 6.07) is 22.1. The first kappa shape index (κ1) is 25.3. The Hall–Kier alpha value is -4.34. The van der Waals surface area contributed by atoms with Crippen LogP contribution in [0.15, 0.2) is 82.7 Å². The minimum absolute atomic E-state index is 0.0550. The summed E-state index contributed by atoms with van der Waals surface area (Å²) in [5.41, 5.74) is 3.51. The molecule has 0 aliphatic rings. The fourth-order valence-electron chi connectivity index (χ4n) is 3.79. The molecule has 0 fully saturated rings. The number of anilines is 1. The van der Waals surface area contributed by atoms with Gasteiger partial charge in [-0.25, -0.2) is 14.2 Å². The quantitative estimate of drug-likeness (QED) is 0.220. The van der Waals surface area contributed by atoms with E-state index in [1.807, 2.05) is 60.0 Å². The summed E-state index contributed by atoms with van der Waals surface area (Å²) in [4.78, 5) is 29.6. The second-order valence-electron chi connectivity index (χ2n) is 8.16. The predicted octanol–water partition coefficient (Wildman–Crippen LogP) is 7.03. The maximum absolute atomic E-state index is 14.4. The molecule has 190 valence electrons. The Morgan fingerprint density at radius 2 is 1.71 bits per heavy atom. The first-order chi connectivity index (χ1) is 18.4. The lowest BCUT2D eigenvalue weighted by Gasteiger charge is -2.07. The number of thiazole rings is 1. The van der Waals surface area contributed by atoms with Crippen LogP contribution in [0.3, 0.4) is 0 Å². The van der Waals surface area contributed by atoms with Crippen LogP contribution in [0.5, 0.6) is 0 Å². The molecule has 0 saturated carbocycles. The molecule has 1 N–H and O–H groups in total. The fraction of sp³-hybridized carbons (Fsp3) is 0.0714. The Kier molecular flexibility index (Phi) is 7.30. The first-order valence-electron chi connectivity index (χ1n) is 11.4. The van der Waals surface area contributed by atoms with E-state index in [-0.39, 0.29) is 27.6 Å². The van der Waals surface area contributed by atoms with E-state index in [0.29, 0.717) is 10.8 Å². The molecule has 0 saturated heterocycles. The lowest BCUT2D eigenvalue weighted by Crippen LogP contribution is -2.21. The molecule has 7 nitrogen and oxygen atoms in total. The molecule has 2 aromatic heterocycles. The molecule has 1 amide bonds. The van der Waals surface area contributed by atoms with E-state index in [1.165, 1.54) is 36.5 Å². The van der Waals surface area contributed by atoms with Crippen molar-refractivity contribution in [1.29, 1.82) is 0 Å². The Labute approximate surface area is 225 Å². The standard InChI is InChI=1S/C28H19ClFN3O4S/c1-16-24(26(33-37-16)25-20(29)8-5-9-21(25)30)27(35)36-14-23(34)32-28-31-22(15-38-28)19-12-10-18(11-13-19)17-6-3-2-4-7-17/h2-13,15H,14H2,1H3,(H,31,32,34). The number of halogens is 2. The van der Waals surface area contributed by atoms with Crippen LogP contribution < -0.4 is 5.32 Å². The van der Waals surface area contributed by atoms with Gasteiger partial charge in [-0.05, 0) is 30.2 Å².